The van der Waals surface area contributed by atoms with Crippen LogP contribution in [0.5, 0.6) is 5.75 Å². The van der Waals surface area contributed by atoms with E-state index >= 15 is 0 Å². The van der Waals surface area contributed by atoms with Crippen LogP contribution in [-0.4, -0.2) is 65.6 Å². The van der Waals surface area contributed by atoms with Crippen LogP contribution in [-0.2, 0) is 0 Å². The Morgan fingerprint density at radius 1 is 1.06 bits per heavy atom. The first-order chi connectivity index (χ1) is 17.0. The number of anilines is 3. The van der Waals surface area contributed by atoms with E-state index in [1.807, 2.05) is 29.2 Å². The molecular formula is C26H28F2N6O. The summed E-state index contributed by atoms with van der Waals surface area (Å²) in [4.78, 5) is 17.7. The van der Waals surface area contributed by atoms with Crippen LogP contribution in [0.4, 0.5) is 26.2 Å². The Balaban J connectivity index is 1.54. The highest BCUT2D eigenvalue weighted by molar-refractivity contribution is 5.94. The molecule has 182 valence electrons. The zero-order valence-corrected chi connectivity index (χ0v) is 19.7. The molecule has 9 heteroatoms. The number of rotatable bonds is 5. The minimum absolute atomic E-state index is 0.200. The summed E-state index contributed by atoms with van der Waals surface area (Å²) in [6.45, 7) is 3.28. The second-order valence-corrected chi connectivity index (χ2v) is 8.93. The molecule has 1 aromatic carbocycles. The van der Waals surface area contributed by atoms with Gasteiger partial charge < -0.3 is 15.0 Å². The molecule has 3 aromatic rings. The molecule has 2 fully saturated rings. The molecule has 2 aliphatic heterocycles. The summed E-state index contributed by atoms with van der Waals surface area (Å²) in [5.74, 6) is 5.49. The smallest absolute Gasteiger partial charge is 0.251 e. The average Bonchev–Trinajstić information content (AvgIpc) is 3.38. The van der Waals surface area contributed by atoms with Crippen molar-refractivity contribution in [2.24, 2.45) is 0 Å². The molecule has 2 saturated heterocycles. The Bertz CT molecular complexity index is 1240. The largest absolute Gasteiger partial charge is 0.495 e. The number of hydrogen-bond donors (Lipinski definition) is 1. The highest BCUT2D eigenvalue weighted by Gasteiger charge is 2.35. The van der Waals surface area contributed by atoms with Gasteiger partial charge in [-0.25, -0.2) is 13.8 Å². The third kappa shape index (κ3) is 5.43. The van der Waals surface area contributed by atoms with E-state index in [0.29, 0.717) is 29.6 Å². The minimum Gasteiger partial charge on any atom is -0.495 e. The number of piperidine rings is 1. The van der Waals surface area contributed by atoms with Gasteiger partial charge in [-0.15, -0.1) is 0 Å². The maximum Gasteiger partial charge on any atom is 0.251 e. The minimum atomic E-state index is -2.64. The first-order valence-corrected chi connectivity index (χ1v) is 11.9. The number of nitrogens with zero attached hydrogens (tertiary/aromatic N) is 5. The Morgan fingerprint density at radius 2 is 1.80 bits per heavy atom. The van der Waals surface area contributed by atoms with Crippen LogP contribution in [0.3, 0.4) is 0 Å². The molecule has 0 bridgehead atoms. The van der Waals surface area contributed by atoms with Gasteiger partial charge in [0.25, 0.3) is 5.92 Å². The van der Waals surface area contributed by atoms with E-state index in [2.05, 4.69) is 27.0 Å². The second kappa shape index (κ2) is 10.0. The number of alkyl halides is 2. The van der Waals surface area contributed by atoms with Crippen molar-refractivity contribution < 1.29 is 13.5 Å². The number of nitrogens with one attached hydrogen (secondary N) is 1. The first-order valence-electron chi connectivity index (χ1n) is 11.9. The van der Waals surface area contributed by atoms with Crippen LogP contribution in [0.25, 0.3) is 10.9 Å². The summed E-state index contributed by atoms with van der Waals surface area (Å²) in [5, 5.41) is 4.09. The number of benzene rings is 1. The van der Waals surface area contributed by atoms with E-state index in [9.17, 15) is 8.78 Å². The summed E-state index contributed by atoms with van der Waals surface area (Å²) in [5.41, 5.74) is 2.23. The Hall–Kier alpha value is -3.51. The maximum atomic E-state index is 13.8. The van der Waals surface area contributed by atoms with Crippen LogP contribution < -0.4 is 15.0 Å². The maximum absolute atomic E-state index is 13.8. The van der Waals surface area contributed by atoms with Gasteiger partial charge in [-0.3, -0.25) is 9.88 Å². The predicted molar refractivity (Wildman–Crippen MR) is 133 cm³/mol. The van der Waals surface area contributed by atoms with Gasteiger partial charge in [-0.05, 0) is 50.2 Å². The Kier molecular flexibility index (Phi) is 6.64. The van der Waals surface area contributed by atoms with Crippen molar-refractivity contribution in [1.29, 1.82) is 0 Å². The lowest BCUT2D eigenvalue weighted by atomic mass is 10.1. The van der Waals surface area contributed by atoms with Crippen LogP contribution in [0.1, 0.15) is 31.2 Å². The lowest BCUT2D eigenvalue weighted by Crippen LogP contribution is -2.40. The fourth-order valence-electron chi connectivity index (χ4n) is 4.44. The third-order valence-corrected chi connectivity index (χ3v) is 6.45. The summed E-state index contributed by atoms with van der Waals surface area (Å²) < 4.78 is 33.2. The van der Waals surface area contributed by atoms with Gasteiger partial charge in [0.15, 0.2) is 0 Å². The molecule has 0 amide bonds. The highest BCUT2D eigenvalue weighted by atomic mass is 19.3. The van der Waals surface area contributed by atoms with E-state index in [1.54, 1.807) is 19.5 Å². The van der Waals surface area contributed by atoms with Crippen molar-refractivity contribution in [1.82, 2.24) is 19.9 Å². The lowest BCUT2D eigenvalue weighted by molar-refractivity contribution is -0.0222. The lowest BCUT2D eigenvalue weighted by Gasteiger charge is -2.32. The second-order valence-electron chi connectivity index (χ2n) is 8.93. The van der Waals surface area contributed by atoms with Crippen molar-refractivity contribution in [3.8, 4) is 17.6 Å². The van der Waals surface area contributed by atoms with Crippen molar-refractivity contribution in [2.45, 2.75) is 31.6 Å². The van der Waals surface area contributed by atoms with Gasteiger partial charge in [0.2, 0.25) is 5.95 Å². The number of methoxy groups -OCH3 is 1. The predicted octanol–water partition coefficient (Wildman–Crippen LogP) is 4.46. The van der Waals surface area contributed by atoms with E-state index in [4.69, 9.17) is 14.7 Å². The standard InChI is InChI=1S/C26H28F2N6O/c1-35-23-18-21-22(17-19(23)5-4-14-33-12-2-3-13-33)31-25(34-15-8-26(27,28)9-16-34)32-24(21)30-20-6-10-29-11-7-20/h6-7,10-11,17-18H,2-3,8-9,12-16H2,1H3,(H,29,30,31,32). The normalized spacial score (nSPS) is 17.7. The Labute approximate surface area is 203 Å². The number of likely N-dealkylation sites (tertiary alicyclic amines) is 1. The molecule has 0 atom stereocenters. The van der Waals surface area contributed by atoms with Gasteiger partial charge in [-0.1, -0.05) is 11.8 Å². The summed E-state index contributed by atoms with van der Waals surface area (Å²) in [7, 11) is 1.62. The highest BCUT2D eigenvalue weighted by Crippen LogP contribution is 2.34. The summed E-state index contributed by atoms with van der Waals surface area (Å²) in [6.07, 6.45) is 5.39. The fourth-order valence-corrected chi connectivity index (χ4v) is 4.44. The number of aromatic nitrogens is 3. The zero-order chi connectivity index (χ0) is 24.3. The third-order valence-electron chi connectivity index (χ3n) is 6.45. The van der Waals surface area contributed by atoms with Gasteiger partial charge in [0.05, 0.1) is 24.7 Å². The number of ether oxygens (including phenoxy) is 1. The monoisotopic (exact) mass is 478 g/mol. The molecule has 0 saturated carbocycles. The topological polar surface area (TPSA) is 66.4 Å². The van der Waals surface area contributed by atoms with Crippen molar-refractivity contribution in [3.63, 3.8) is 0 Å². The van der Waals surface area contributed by atoms with Crippen LogP contribution in [0.2, 0.25) is 0 Å². The van der Waals surface area contributed by atoms with Gasteiger partial charge in [-0.2, -0.15) is 4.98 Å². The Morgan fingerprint density at radius 3 is 2.51 bits per heavy atom. The summed E-state index contributed by atoms with van der Waals surface area (Å²) >= 11 is 0. The van der Waals surface area contributed by atoms with Crippen LogP contribution in [0.15, 0.2) is 36.7 Å². The number of fused-ring (bicyclic) bond motifs is 1. The van der Waals surface area contributed by atoms with E-state index in [-0.39, 0.29) is 25.9 Å². The number of hydrogen-bond acceptors (Lipinski definition) is 7. The molecule has 0 radical (unpaired) electrons. The van der Waals surface area contributed by atoms with Crippen molar-refractivity contribution >= 4 is 28.4 Å². The molecule has 0 aliphatic carbocycles. The van der Waals surface area contributed by atoms with Crippen LogP contribution in [0, 0.1) is 11.8 Å². The first kappa shape index (κ1) is 23.2. The molecule has 1 N–H and O–H groups in total. The molecule has 35 heavy (non-hydrogen) atoms. The van der Waals surface area contributed by atoms with E-state index in [0.717, 1.165) is 29.7 Å². The van der Waals surface area contributed by atoms with Gasteiger partial charge >= 0.3 is 0 Å². The molecule has 7 nitrogen and oxygen atoms in total. The fraction of sp³-hybridized carbons (Fsp3) is 0.423. The molecule has 2 aliphatic rings. The number of pyridine rings is 1. The summed E-state index contributed by atoms with van der Waals surface area (Å²) in [6, 6.07) is 7.45. The zero-order valence-electron chi connectivity index (χ0n) is 19.7. The molecule has 5 rings (SSSR count). The van der Waals surface area contributed by atoms with Crippen molar-refractivity contribution in [2.75, 3.05) is 50.1 Å². The molecule has 2 aromatic heterocycles. The van der Waals surface area contributed by atoms with E-state index in [1.165, 1.54) is 12.8 Å². The molecule has 4 heterocycles. The number of halogens is 2. The molecular weight excluding hydrogens is 450 g/mol. The quantitative estimate of drug-likeness (QED) is 0.543. The van der Waals surface area contributed by atoms with Crippen molar-refractivity contribution in [3.05, 3.63) is 42.2 Å². The molecule has 0 unspecified atom stereocenters. The van der Waals surface area contributed by atoms with Gasteiger partial charge in [0, 0.05) is 49.4 Å². The SMILES string of the molecule is COc1cc2c(Nc3ccncc3)nc(N3CCC(F)(F)CC3)nc2cc1C#CCN1CCCC1. The van der Waals surface area contributed by atoms with Crippen LogP contribution >= 0.6 is 0 Å². The van der Waals surface area contributed by atoms with E-state index < -0.39 is 5.92 Å². The van der Waals surface area contributed by atoms with Gasteiger partial charge in [0.1, 0.15) is 11.6 Å². The molecule has 0 spiro atoms. The average molecular weight is 479 g/mol.